The molecular weight excluding hydrogens is 190 g/mol. The number of benzene rings is 1. The van der Waals surface area contributed by atoms with E-state index in [1.54, 1.807) is 13.1 Å². The van der Waals surface area contributed by atoms with Crippen molar-refractivity contribution in [2.24, 2.45) is 5.73 Å². The van der Waals surface area contributed by atoms with Gasteiger partial charge in [-0.05, 0) is 24.6 Å². The Morgan fingerprint density at radius 1 is 1.47 bits per heavy atom. The lowest BCUT2D eigenvalue weighted by Gasteiger charge is -2.07. The van der Waals surface area contributed by atoms with E-state index in [4.69, 9.17) is 5.73 Å². The lowest BCUT2D eigenvalue weighted by molar-refractivity contribution is -0.119. The molecule has 0 spiro atoms. The number of rotatable bonds is 2. The topological polar surface area (TPSA) is 68.9 Å². The van der Waals surface area contributed by atoms with Crippen LogP contribution >= 0.6 is 0 Å². The smallest absolute Gasteiger partial charge is 0.224 e. The van der Waals surface area contributed by atoms with Crippen molar-refractivity contribution in [1.82, 2.24) is 9.97 Å². The third-order valence-electron chi connectivity index (χ3n) is 2.46. The Morgan fingerprint density at radius 3 is 3.00 bits per heavy atom. The first kappa shape index (κ1) is 9.58. The molecule has 0 saturated carbocycles. The fraction of sp³-hybridized carbons (Fsp3) is 0.182. The van der Waals surface area contributed by atoms with Crippen molar-refractivity contribution in [2.45, 2.75) is 12.8 Å². The van der Waals surface area contributed by atoms with Crippen LogP contribution in [0.1, 0.15) is 18.4 Å². The van der Waals surface area contributed by atoms with Crippen molar-refractivity contribution in [2.75, 3.05) is 0 Å². The third kappa shape index (κ3) is 1.79. The minimum Gasteiger partial charge on any atom is -0.369 e. The number of primary amides is 1. The number of hydrogen-bond acceptors (Lipinski definition) is 3. The summed E-state index contributed by atoms with van der Waals surface area (Å²) in [5, 5.41) is 0.920. The maximum absolute atomic E-state index is 11.0. The average Bonchev–Trinajstić information content (AvgIpc) is 2.27. The van der Waals surface area contributed by atoms with Crippen LogP contribution in [0.2, 0.25) is 0 Å². The van der Waals surface area contributed by atoms with Crippen LogP contribution in [0.25, 0.3) is 10.9 Å². The minimum absolute atomic E-state index is 0.283. The number of nitrogens with two attached hydrogens (primary N) is 1. The summed E-state index contributed by atoms with van der Waals surface area (Å²) in [7, 11) is 0. The first-order chi connectivity index (χ1) is 7.18. The molecule has 2 rings (SSSR count). The molecule has 1 atom stereocenters. The van der Waals surface area contributed by atoms with E-state index >= 15 is 0 Å². The zero-order valence-electron chi connectivity index (χ0n) is 8.34. The predicted molar refractivity (Wildman–Crippen MR) is 57.1 cm³/mol. The monoisotopic (exact) mass is 201 g/mol. The van der Waals surface area contributed by atoms with Crippen LogP contribution in [-0.4, -0.2) is 15.9 Å². The molecule has 4 heteroatoms. The lowest BCUT2D eigenvalue weighted by Crippen LogP contribution is -2.18. The van der Waals surface area contributed by atoms with Crippen LogP contribution in [0.5, 0.6) is 0 Å². The summed E-state index contributed by atoms with van der Waals surface area (Å²) >= 11 is 0. The molecular formula is C11H11N3O. The number of hydrogen-bond donors (Lipinski definition) is 1. The Balaban J connectivity index is 2.51. The van der Waals surface area contributed by atoms with Gasteiger partial charge in [0.2, 0.25) is 5.91 Å². The molecule has 15 heavy (non-hydrogen) atoms. The van der Waals surface area contributed by atoms with Gasteiger partial charge in [-0.15, -0.1) is 0 Å². The molecule has 0 aliphatic rings. The average molecular weight is 201 g/mol. The highest BCUT2D eigenvalue weighted by Crippen LogP contribution is 2.19. The van der Waals surface area contributed by atoms with Crippen molar-refractivity contribution in [3.8, 4) is 0 Å². The molecule has 1 amide bonds. The van der Waals surface area contributed by atoms with Crippen LogP contribution in [0.3, 0.4) is 0 Å². The summed E-state index contributed by atoms with van der Waals surface area (Å²) in [5.41, 5.74) is 7.00. The number of carbonyl (C=O) groups is 1. The summed E-state index contributed by atoms with van der Waals surface area (Å²) in [4.78, 5) is 19.1. The van der Waals surface area contributed by atoms with Gasteiger partial charge in [-0.1, -0.05) is 6.07 Å². The Labute approximate surface area is 87.1 Å². The minimum atomic E-state index is -0.328. The summed E-state index contributed by atoms with van der Waals surface area (Å²) in [6.07, 6.45) is 3.22. The number of aromatic nitrogens is 2. The van der Waals surface area contributed by atoms with Crippen LogP contribution in [0.15, 0.2) is 30.7 Å². The fourth-order valence-corrected chi connectivity index (χ4v) is 1.44. The van der Waals surface area contributed by atoms with Gasteiger partial charge >= 0.3 is 0 Å². The molecule has 0 saturated heterocycles. The molecule has 1 aromatic carbocycles. The maximum atomic E-state index is 11.0. The molecule has 1 unspecified atom stereocenters. The van der Waals surface area contributed by atoms with Crippen molar-refractivity contribution in [3.63, 3.8) is 0 Å². The Kier molecular flexibility index (Phi) is 2.33. The van der Waals surface area contributed by atoms with E-state index in [9.17, 15) is 4.79 Å². The van der Waals surface area contributed by atoms with Crippen molar-refractivity contribution in [1.29, 1.82) is 0 Å². The number of amides is 1. The van der Waals surface area contributed by atoms with E-state index in [1.807, 2.05) is 18.2 Å². The van der Waals surface area contributed by atoms with Gasteiger partial charge in [0.1, 0.15) is 6.33 Å². The molecule has 0 bridgehead atoms. The Hall–Kier alpha value is -1.97. The number of carbonyl (C=O) groups excluding carboxylic acids is 1. The summed E-state index contributed by atoms with van der Waals surface area (Å²) < 4.78 is 0. The summed E-state index contributed by atoms with van der Waals surface area (Å²) in [5.74, 6) is -0.610. The number of nitrogens with zero attached hydrogens (tertiary/aromatic N) is 2. The fourth-order valence-electron chi connectivity index (χ4n) is 1.44. The van der Waals surface area contributed by atoms with Gasteiger partial charge in [-0.25, -0.2) is 9.97 Å². The molecule has 1 heterocycles. The van der Waals surface area contributed by atoms with Crippen LogP contribution < -0.4 is 5.73 Å². The second kappa shape index (κ2) is 3.65. The molecule has 2 aromatic rings. The van der Waals surface area contributed by atoms with E-state index in [0.29, 0.717) is 0 Å². The molecule has 0 aliphatic carbocycles. The van der Waals surface area contributed by atoms with Crippen LogP contribution in [0, 0.1) is 0 Å². The van der Waals surface area contributed by atoms with Gasteiger partial charge in [0.05, 0.1) is 11.4 Å². The van der Waals surface area contributed by atoms with Gasteiger partial charge in [0.25, 0.3) is 0 Å². The van der Waals surface area contributed by atoms with Gasteiger partial charge in [-0.2, -0.15) is 0 Å². The van der Waals surface area contributed by atoms with Gasteiger partial charge in [-0.3, -0.25) is 4.79 Å². The van der Waals surface area contributed by atoms with E-state index in [-0.39, 0.29) is 11.8 Å². The molecule has 1 aromatic heterocycles. The predicted octanol–water partition coefficient (Wildman–Crippen LogP) is 1.22. The van der Waals surface area contributed by atoms with E-state index < -0.39 is 0 Å². The van der Waals surface area contributed by atoms with Crippen molar-refractivity contribution < 1.29 is 4.79 Å². The van der Waals surface area contributed by atoms with Gasteiger partial charge < -0.3 is 5.73 Å². The normalized spacial score (nSPS) is 12.6. The van der Waals surface area contributed by atoms with E-state index in [1.165, 1.54) is 6.33 Å². The lowest BCUT2D eigenvalue weighted by atomic mass is 9.99. The summed E-state index contributed by atoms with van der Waals surface area (Å²) in [6, 6.07) is 5.63. The highest BCUT2D eigenvalue weighted by atomic mass is 16.1. The number of fused-ring (bicyclic) bond motifs is 1. The van der Waals surface area contributed by atoms with E-state index in [0.717, 1.165) is 16.5 Å². The molecule has 0 aliphatic heterocycles. The van der Waals surface area contributed by atoms with Crippen LogP contribution in [-0.2, 0) is 4.79 Å². The highest BCUT2D eigenvalue weighted by molar-refractivity contribution is 5.84. The SMILES string of the molecule is CC(C(N)=O)c1ccc2ncncc2c1. The highest BCUT2D eigenvalue weighted by Gasteiger charge is 2.11. The van der Waals surface area contributed by atoms with Gasteiger partial charge in [0, 0.05) is 11.6 Å². The third-order valence-corrected chi connectivity index (χ3v) is 2.46. The second-order valence-corrected chi connectivity index (χ2v) is 3.47. The summed E-state index contributed by atoms with van der Waals surface area (Å²) in [6.45, 7) is 1.79. The second-order valence-electron chi connectivity index (χ2n) is 3.47. The molecule has 4 nitrogen and oxygen atoms in total. The first-order valence-corrected chi connectivity index (χ1v) is 4.67. The first-order valence-electron chi connectivity index (χ1n) is 4.67. The standard InChI is InChI=1S/C11H11N3O/c1-7(11(12)15)8-2-3-10-9(4-8)5-13-6-14-10/h2-7H,1H3,(H2,12,15). The van der Waals surface area contributed by atoms with Crippen molar-refractivity contribution in [3.05, 3.63) is 36.3 Å². The molecule has 0 radical (unpaired) electrons. The van der Waals surface area contributed by atoms with Crippen molar-refractivity contribution >= 4 is 16.8 Å². The quantitative estimate of drug-likeness (QED) is 0.794. The van der Waals surface area contributed by atoms with Gasteiger partial charge in [0.15, 0.2) is 0 Å². The molecule has 0 fully saturated rings. The van der Waals surface area contributed by atoms with E-state index in [2.05, 4.69) is 9.97 Å². The van der Waals surface area contributed by atoms with Crippen LogP contribution in [0.4, 0.5) is 0 Å². The maximum Gasteiger partial charge on any atom is 0.224 e. The largest absolute Gasteiger partial charge is 0.369 e. The molecule has 2 N–H and O–H groups in total. The molecule has 76 valence electrons. The zero-order valence-corrected chi connectivity index (χ0v) is 8.34. The Bertz CT molecular complexity index is 510. The zero-order chi connectivity index (χ0) is 10.8. The Morgan fingerprint density at radius 2 is 2.27 bits per heavy atom.